The average molecular weight is 226 g/mol. The van der Waals surface area contributed by atoms with Crippen molar-refractivity contribution in [2.45, 2.75) is 19.9 Å². The van der Waals surface area contributed by atoms with Crippen LogP contribution in [0.15, 0.2) is 5.11 Å². The molecule has 0 amide bonds. The van der Waals surface area contributed by atoms with E-state index in [1.807, 2.05) is 0 Å². The van der Waals surface area contributed by atoms with Crippen molar-refractivity contribution in [1.82, 2.24) is 5.59 Å². The Morgan fingerprint density at radius 2 is 2.36 bits per heavy atom. The van der Waals surface area contributed by atoms with Crippen LogP contribution in [0, 0.1) is 5.21 Å². The number of rotatable bonds is 5. The first kappa shape index (κ1) is 10.6. The molecule has 0 aliphatic rings. The SMILES string of the molecule is CC(C)N=[N+]([O-])NOCCBr. The first-order valence-electron chi connectivity index (χ1n) is 3.28. The van der Waals surface area contributed by atoms with Crippen molar-refractivity contribution in [2.75, 3.05) is 11.9 Å². The molecule has 66 valence electrons. The first-order valence-corrected chi connectivity index (χ1v) is 4.40. The zero-order valence-electron chi connectivity index (χ0n) is 6.58. The van der Waals surface area contributed by atoms with Crippen LogP contribution in [0.25, 0.3) is 0 Å². The summed E-state index contributed by atoms with van der Waals surface area (Å²) in [6.07, 6.45) is 0. The summed E-state index contributed by atoms with van der Waals surface area (Å²) in [6, 6.07) is -0.0347. The van der Waals surface area contributed by atoms with E-state index < -0.39 is 0 Å². The van der Waals surface area contributed by atoms with Gasteiger partial charge in [0.2, 0.25) is 0 Å². The zero-order chi connectivity index (χ0) is 8.69. The van der Waals surface area contributed by atoms with Crippen LogP contribution in [-0.2, 0) is 4.84 Å². The van der Waals surface area contributed by atoms with Crippen LogP contribution in [0.1, 0.15) is 13.8 Å². The fourth-order valence-corrected chi connectivity index (χ4v) is 0.535. The minimum atomic E-state index is -0.0347. The highest BCUT2D eigenvalue weighted by Gasteiger charge is 1.96. The molecule has 0 aromatic carbocycles. The van der Waals surface area contributed by atoms with Gasteiger partial charge in [0.15, 0.2) is 0 Å². The fourth-order valence-electron chi connectivity index (χ4n) is 0.373. The van der Waals surface area contributed by atoms with E-state index in [1.54, 1.807) is 13.8 Å². The van der Waals surface area contributed by atoms with Gasteiger partial charge in [-0.15, -0.1) is 0 Å². The second-order valence-electron chi connectivity index (χ2n) is 2.11. The normalized spacial score (nSPS) is 12.2. The van der Waals surface area contributed by atoms with E-state index in [2.05, 4.69) is 31.5 Å². The quantitative estimate of drug-likeness (QED) is 0.252. The van der Waals surface area contributed by atoms with Gasteiger partial charge >= 0.3 is 0 Å². The van der Waals surface area contributed by atoms with Gasteiger partial charge in [0.25, 0.3) is 0 Å². The van der Waals surface area contributed by atoms with Crippen molar-refractivity contribution >= 4 is 15.9 Å². The Bertz CT molecular complexity index is 129. The van der Waals surface area contributed by atoms with Gasteiger partial charge in [-0.1, -0.05) is 15.9 Å². The van der Waals surface area contributed by atoms with E-state index in [1.165, 1.54) is 0 Å². The lowest BCUT2D eigenvalue weighted by Gasteiger charge is -2.01. The topological polar surface area (TPSA) is 59.7 Å². The van der Waals surface area contributed by atoms with Crippen molar-refractivity contribution < 1.29 is 9.81 Å². The molecule has 0 fully saturated rings. The van der Waals surface area contributed by atoms with Gasteiger partial charge in [-0.2, -0.15) is 0 Å². The molecular weight excluding hydrogens is 214 g/mol. The summed E-state index contributed by atoms with van der Waals surface area (Å²) < 4.78 is 0. The number of halogens is 1. The van der Waals surface area contributed by atoms with E-state index in [9.17, 15) is 5.21 Å². The predicted octanol–water partition coefficient (Wildman–Crippen LogP) is 1.19. The Morgan fingerprint density at radius 1 is 1.73 bits per heavy atom. The van der Waals surface area contributed by atoms with E-state index in [-0.39, 0.29) is 6.04 Å². The minimum absolute atomic E-state index is 0.0347. The summed E-state index contributed by atoms with van der Waals surface area (Å²) in [5, 5.41) is 14.9. The molecule has 11 heavy (non-hydrogen) atoms. The molecule has 0 unspecified atom stereocenters. The third-order valence-corrected chi connectivity index (χ3v) is 0.981. The van der Waals surface area contributed by atoms with Gasteiger partial charge in [-0.25, -0.2) is 4.84 Å². The Hall–Kier alpha value is -0.360. The molecule has 0 aliphatic carbocycles. The molecule has 0 heterocycles. The maximum absolute atomic E-state index is 10.6. The number of hydrazine groups is 1. The number of nitrogens with zero attached hydrogens (tertiary/aromatic N) is 2. The highest BCUT2D eigenvalue weighted by Crippen LogP contribution is 1.85. The summed E-state index contributed by atoms with van der Waals surface area (Å²) in [5.41, 5.74) is 2.10. The van der Waals surface area contributed by atoms with Gasteiger partial charge < -0.3 is 5.21 Å². The van der Waals surface area contributed by atoms with Gasteiger partial charge in [0, 0.05) is 10.4 Å². The van der Waals surface area contributed by atoms with Crippen LogP contribution in [0.2, 0.25) is 0 Å². The number of alkyl halides is 1. The molecule has 0 atom stereocenters. The highest BCUT2D eigenvalue weighted by molar-refractivity contribution is 9.09. The molecular formula is C5H12BrN3O2. The molecule has 0 spiro atoms. The van der Waals surface area contributed by atoms with Gasteiger partial charge in [-0.05, 0) is 19.4 Å². The summed E-state index contributed by atoms with van der Waals surface area (Å²) in [7, 11) is 0. The van der Waals surface area contributed by atoms with Crippen molar-refractivity contribution in [2.24, 2.45) is 5.11 Å². The van der Waals surface area contributed by atoms with Crippen LogP contribution in [0.4, 0.5) is 0 Å². The Labute approximate surface area is 74.1 Å². The van der Waals surface area contributed by atoms with E-state index >= 15 is 0 Å². The lowest BCUT2D eigenvalue weighted by Crippen LogP contribution is -2.24. The third kappa shape index (κ3) is 7.54. The monoisotopic (exact) mass is 225 g/mol. The van der Waals surface area contributed by atoms with Gasteiger partial charge in [0.1, 0.15) is 6.04 Å². The molecule has 0 aromatic rings. The smallest absolute Gasteiger partial charge is 0.111 e. The summed E-state index contributed by atoms with van der Waals surface area (Å²) in [5.74, 6) is 0. The molecule has 0 saturated heterocycles. The predicted molar refractivity (Wildman–Crippen MR) is 44.1 cm³/mol. The summed E-state index contributed by atoms with van der Waals surface area (Å²) in [6.45, 7) is 4.03. The molecule has 0 bridgehead atoms. The molecule has 0 aliphatic heterocycles. The Balaban J connectivity index is 3.43. The molecule has 0 radical (unpaired) electrons. The fraction of sp³-hybridized carbons (Fsp3) is 1.00. The van der Waals surface area contributed by atoms with Crippen LogP contribution in [0.5, 0.6) is 0 Å². The summed E-state index contributed by atoms with van der Waals surface area (Å²) in [4.78, 5) is 4.98. The number of nitrogens with one attached hydrogen (secondary N) is 1. The molecule has 6 heteroatoms. The van der Waals surface area contributed by atoms with Crippen LogP contribution < -0.4 is 5.59 Å². The van der Waals surface area contributed by atoms with Crippen LogP contribution in [-0.4, -0.2) is 22.9 Å². The van der Waals surface area contributed by atoms with E-state index in [0.29, 0.717) is 16.9 Å². The second-order valence-corrected chi connectivity index (χ2v) is 2.90. The highest BCUT2D eigenvalue weighted by atomic mass is 79.9. The van der Waals surface area contributed by atoms with Crippen LogP contribution in [0.3, 0.4) is 0 Å². The Kier molecular flexibility index (Phi) is 6.15. The van der Waals surface area contributed by atoms with Crippen LogP contribution >= 0.6 is 15.9 Å². The van der Waals surface area contributed by atoms with Crippen molar-refractivity contribution in [3.63, 3.8) is 0 Å². The number of hydrogen-bond acceptors (Lipinski definition) is 3. The molecule has 0 saturated carbocycles. The van der Waals surface area contributed by atoms with Crippen molar-refractivity contribution in [3.05, 3.63) is 5.21 Å². The molecule has 1 N–H and O–H groups in total. The zero-order valence-corrected chi connectivity index (χ0v) is 8.17. The largest absolute Gasteiger partial charge is 0.570 e. The Morgan fingerprint density at radius 3 is 2.82 bits per heavy atom. The van der Waals surface area contributed by atoms with Gasteiger partial charge in [-0.3, -0.25) is 0 Å². The molecule has 5 nitrogen and oxygen atoms in total. The average Bonchev–Trinajstić information content (AvgIpc) is 1.86. The second kappa shape index (κ2) is 6.36. The lowest BCUT2D eigenvalue weighted by molar-refractivity contribution is -0.646. The summed E-state index contributed by atoms with van der Waals surface area (Å²) >= 11 is 3.13. The van der Waals surface area contributed by atoms with E-state index in [4.69, 9.17) is 0 Å². The third-order valence-electron chi connectivity index (χ3n) is 0.658. The standard InChI is InChI=1S/C5H12BrN3O2/c1-5(2)7-9(10)8-11-4-3-6/h5H,3-4H2,1-2H3,(H,7,8). The van der Waals surface area contributed by atoms with E-state index in [0.717, 1.165) is 0 Å². The van der Waals surface area contributed by atoms with Crippen molar-refractivity contribution in [3.8, 4) is 0 Å². The minimum Gasteiger partial charge on any atom is -0.570 e. The number of hydrogen-bond donors (Lipinski definition) is 1. The maximum Gasteiger partial charge on any atom is 0.111 e. The first-order chi connectivity index (χ1) is 5.16. The molecule has 0 aromatic heterocycles. The van der Waals surface area contributed by atoms with Crippen molar-refractivity contribution in [1.29, 1.82) is 0 Å². The maximum atomic E-state index is 10.6. The molecule has 0 rings (SSSR count). The van der Waals surface area contributed by atoms with Gasteiger partial charge in [0.05, 0.1) is 11.6 Å². The lowest BCUT2D eigenvalue weighted by atomic mass is 10.4.